The Morgan fingerprint density at radius 1 is 1.21 bits per heavy atom. The third-order valence-corrected chi connectivity index (χ3v) is 5.02. The number of nitrogens with zero attached hydrogens (tertiary/aromatic N) is 3. The smallest absolute Gasteiger partial charge is 0.408 e. The van der Waals surface area contributed by atoms with Gasteiger partial charge in [0, 0.05) is 11.0 Å². The predicted octanol–water partition coefficient (Wildman–Crippen LogP) is 4.16. The Bertz CT molecular complexity index is 900. The lowest BCUT2D eigenvalue weighted by Crippen LogP contribution is -2.38. The number of methoxy groups -OCH3 is 1. The number of carbonyl (C=O) groups excluding carboxylic acids is 1. The minimum Gasteiger partial charge on any atom is -0.497 e. The van der Waals surface area contributed by atoms with Crippen LogP contribution in [-0.4, -0.2) is 33.7 Å². The van der Waals surface area contributed by atoms with Crippen molar-refractivity contribution in [3.63, 3.8) is 0 Å². The van der Waals surface area contributed by atoms with Crippen molar-refractivity contribution >= 4 is 23.6 Å². The van der Waals surface area contributed by atoms with E-state index in [1.807, 2.05) is 69.0 Å². The molecule has 9 heteroatoms. The number of carbonyl (C=O) groups is 1. The lowest BCUT2D eigenvalue weighted by Gasteiger charge is -2.27. The molecule has 2 aromatic rings. The Labute approximate surface area is 175 Å². The Morgan fingerprint density at radius 2 is 1.90 bits per heavy atom. The van der Waals surface area contributed by atoms with Gasteiger partial charge in [0.1, 0.15) is 11.4 Å². The molecule has 1 atom stereocenters. The van der Waals surface area contributed by atoms with E-state index in [9.17, 15) is 4.79 Å². The molecule has 3 rings (SSSR count). The second-order valence-electron chi connectivity index (χ2n) is 8.03. The lowest BCUT2D eigenvalue weighted by molar-refractivity contribution is 0.0485. The maximum absolute atomic E-state index is 12.3. The molecule has 0 aliphatic carbocycles. The number of benzene rings is 1. The summed E-state index contributed by atoms with van der Waals surface area (Å²) in [5, 5.41) is 14.2. The topological polar surface area (TPSA) is 90.3 Å². The number of nitrogens with one attached hydrogen (secondary N) is 2. The second-order valence-corrected chi connectivity index (χ2v) is 8.87. The number of alkyl carbamates (subject to hydrolysis) is 1. The predicted molar refractivity (Wildman–Crippen MR) is 113 cm³/mol. The Hall–Kier alpha value is -2.68. The van der Waals surface area contributed by atoms with Crippen LogP contribution in [0.5, 0.6) is 5.75 Å². The molecule has 1 amide bonds. The minimum atomic E-state index is -0.575. The number of aromatic nitrogens is 3. The van der Waals surface area contributed by atoms with Crippen LogP contribution in [0.1, 0.15) is 52.0 Å². The summed E-state index contributed by atoms with van der Waals surface area (Å²) in [6.07, 6.45) is -0.483. The first-order valence-electron chi connectivity index (χ1n) is 9.41. The monoisotopic (exact) mass is 417 g/mol. The summed E-state index contributed by atoms with van der Waals surface area (Å²) in [4.78, 5) is 12.3. The number of hydrogen-bond acceptors (Lipinski definition) is 7. The van der Waals surface area contributed by atoms with Crippen LogP contribution in [0.3, 0.4) is 0 Å². The summed E-state index contributed by atoms with van der Waals surface area (Å²) in [6.45, 7) is 9.53. The van der Waals surface area contributed by atoms with Crippen LogP contribution >= 0.6 is 11.8 Å². The number of thioether (sulfide) groups is 1. The van der Waals surface area contributed by atoms with Gasteiger partial charge in [-0.25, -0.2) is 9.47 Å². The summed E-state index contributed by atoms with van der Waals surface area (Å²) in [5.74, 6) is 1.50. The lowest BCUT2D eigenvalue weighted by atomic mass is 10.0. The fourth-order valence-electron chi connectivity index (χ4n) is 2.79. The van der Waals surface area contributed by atoms with Crippen molar-refractivity contribution in [2.45, 2.75) is 51.4 Å². The molecule has 156 valence electrons. The molecule has 8 nitrogen and oxygen atoms in total. The summed E-state index contributed by atoms with van der Waals surface area (Å²) in [5.41, 5.74) is 4.69. The highest BCUT2D eigenvalue weighted by Crippen LogP contribution is 2.32. The highest BCUT2D eigenvalue weighted by molar-refractivity contribution is 8.02. The normalized spacial score (nSPS) is 14.5. The number of rotatable bonds is 5. The zero-order valence-corrected chi connectivity index (χ0v) is 18.3. The molecular weight excluding hydrogens is 390 g/mol. The molecule has 1 aromatic heterocycles. The van der Waals surface area contributed by atoms with Gasteiger partial charge < -0.3 is 14.8 Å². The fraction of sp³-hybridized carbons (Fsp3) is 0.450. The first-order chi connectivity index (χ1) is 13.7. The maximum atomic E-state index is 12.3. The maximum Gasteiger partial charge on any atom is 0.408 e. The Balaban J connectivity index is 1.82. The fourth-order valence-corrected chi connectivity index (χ4v) is 3.53. The van der Waals surface area contributed by atoms with Crippen LogP contribution < -0.4 is 15.5 Å². The van der Waals surface area contributed by atoms with Crippen molar-refractivity contribution in [3.05, 3.63) is 41.1 Å². The molecule has 2 N–H and O–H groups in total. The van der Waals surface area contributed by atoms with E-state index >= 15 is 0 Å². The molecule has 2 heterocycles. The van der Waals surface area contributed by atoms with E-state index in [-0.39, 0.29) is 12.0 Å². The summed E-state index contributed by atoms with van der Waals surface area (Å²) in [6, 6.07) is 7.41. The van der Waals surface area contributed by atoms with E-state index in [2.05, 4.69) is 20.9 Å². The highest BCUT2D eigenvalue weighted by atomic mass is 32.2. The van der Waals surface area contributed by atoms with Crippen molar-refractivity contribution in [2.24, 2.45) is 5.92 Å². The van der Waals surface area contributed by atoms with Crippen LogP contribution in [0.4, 0.5) is 4.79 Å². The highest BCUT2D eigenvalue weighted by Gasteiger charge is 2.29. The average molecular weight is 418 g/mol. The first-order valence-corrected chi connectivity index (χ1v) is 10.3. The summed E-state index contributed by atoms with van der Waals surface area (Å²) < 4.78 is 12.5. The number of hydrogen-bond donors (Lipinski definition) is 2. The SMILES string of the molecule is COc1ccc(C2=CSc3nnc([C@@H](NC(=O)OC(C)(C)C)C(C)C)n3N2)cc1. The van der Waals surface area contributed by atoms with Crippen LogP contribution in [0.2, 0.25) is 0 Å². The van der Waals surface area contributed by atoms with E-state index in [1.165, 1.54) is 11.8 Å². The standard InChI is InChI=1S/C20H27N5O3S/c1-12(2)16(21-19(26)28-20(3,4)5)17-22-23-18-25(17)24-15(11-29-18)13-7-9-14(27-6)10-8-13/h7-12,16,24H,1-6H3,(H,21,26)/t16-/m0/s1. The number of fused-ring (bicyclic) bond motifs is 1. The Morgan fingerprint density at radius 3 is 2.48 bits per heavy atom. The van der Waals surface area contributed by atoms with E-state index in [0.717, 1.165) is 17.0 Å². The van der Waals surface area contributed by atoms with Crippen LogP contribution in [0, 0.1) is 5.92 Å². The van der Waals surface area contributed by atoms with Gasteiger partial charge in [0.25, 0.3) is 0 Å². The van der Waals surface area contributed by atoms with Crippen LogP contribution in [-0.2, 0) is 4.74 Å². The third-order valence-electron chi connectivity index (χ3n) is 4.19. The molecule has 1 aliphatic rings. The largest absolute Gasteiger partial charge is 0.497 e. The molecular formula is C20H27N5O3S. The molecule has 1 aliphatic heterocycles. The van der Waals surface area contributed by atoms with Crippen LogP contribution in [0.15, 0.2) is 34.8 Å². The van der Waals surface area contributed by atoms with Gasteiger partial charge in [-0.1, -0.05) is 25.6 Å². The third kappa shape index (κ3) is 5.03. The minimum absolute atomic E-state index is 0.0814. The van der Waals surface area contributed by atoms with Crippen LogP contribution in [0.25, 0.3) is 5.70 Å². The second kappa shape index (κ2) is 8.36. The first kappa shape index (κ1) is 21.0. The number of amides is 1. The quantitative estimate of drug-likeness (QED) is 0.755. The van der Waals surface area contributed by atoms with Gasteiger partial charge in [0.05, 0.1) is 18.8 Å². The average Bonchev–Trinajstić information content (AvgIpc) is 3.07. The van der Waals surface area contributed by atoms with E-state index in [4.69, 9.17) is 9.47 Å². The zero-order valence-electron chi connectivity index (χ0n) is 17.5. The van der Waals surface area contributed by atoms with Crippen molar-refractivity contribution in [1.29, 1.82) is 0 Å². The number of ether oxygens (including phenoxy) is 2. The molecule has 29 heavy (non-hydrogen) atoms. The molecule has 0 saturated carbocycles. The Kier molecular flexibility index (Phi) is 6.07. The van der Waals surface area contributed by atoms with Gasteiger partial charge in [-0.2, -0.15) is 0 Å². The van der Waals surface area contributed by atoms with Crippen molar-refractivity contribution in [2.75, 3.05) is 12.5 Å². The van der Waals surface area contributed by atoms with Gasteiger partial charge in [-0.05, 0) is 51.0 Å². The van der Waals surface area contributed by atoms with Crippen molar-refractivity contribution in [3.8, 4) is 5.75 Å². The molecule has 0 radical (unpaired) electrons. The van der Waals surface area contributed by atoms with Gasteiger partial charge in [0.15, 0.2) is 5.82 Å². The summed E-state index contributed by atoms with van der Waals surface area (Å²) in [7, 11) is 1.64. The zero-order chi connectivity index (χ0) is 21.2. The molecule has 0 unspecified atom stereocenters. The van der Waals surface area contributed by atoms with E-state index in [1.54, 1.807) is 7.11 Å². The molecule has 0 bridgehead atoms. The van der Waals surface area contributed by atoms with E-state index in [0.29, 0.717) is 11.0 Å². The van der Waals surface area contributed by atoms with Crippen molar-refractivity contribution < 1.29 is 14.3 Å². The molecule has 0 spiro atoms. The van der Waals surface area contributed by atoms with Crippen molar-refractivity contribution in [1.82, 2.24) is 20.2 Å². The summed E-state index contributed by atoms with van der Waals surface area (Å²) >= 11 is 1.47. The molecule has 0 fully saturated rings. The van der Waals surface area contributed by atoms with Gasteiger partial charge in [0.2, 0.25) is 5.16 Å². The van der Waals surface area contributed by atoms with Gasteiger partial charge in [-0.3, -0.25) is 5.43 Å². The van der Waals surface area contributed by atoms with Gasteiger partial charge >= 0.3 is 6.09 Å². The molecule has 1 aromatic carbocycles. The van der Waals surface area contributed by atoms with Gasteiger partial charge in [-0.15, -0.1) is 10.2 Å². The van der Waals surface area contributed by atoms with E-state index < -0.39 is 11.7 Å². The molecule has 0 saturated heterocycles.